The predicted molar refractivity (Wildman–Crippen MR) is 68.4 cm³/mol. The van der Waals surface area contributed by atoms with Crippen molar-refractivity contribution in [2.24, 2.45) is 0 Å². The van der Waals surface area contributed by atoms with E-state index in [1.807, 2.05) is 12.4 Å². The molecule has 17 heavy (non-hydrogen) atoms. The Morgan fingerprint density at radius 3 is 2.65 bits per heavy atom. The molecule has 0 radical (unpaired) electrons. The number of piperazine rings is 1. The molecule has 94 valence electrons. The van der Waals surface area contributed by atoms with Crippen LogP contribution in [0.1, 0.15) is 22.8 Å². The number of rotatable bonds is 4. The summed E-state index contributed by atoms with van der Waals surface area (Å²) in [6.45, 7) is 6.73. The van der Waals surface area contributed by atoms with E-state index in [2.05, 4.69) is 28.8 Å². The molecule has 1 aromatic heterocycles. The number of aromatic amines is 1. The summed E-state index contributed by atoms with van der Waals surface area (Å²) in [5.74, 6) is 0.243. The van der Waals surface area contributed by atoms with Gasteiger partial charge in [0.1, 0.15) is 0 Å². The number of Topliss-reactive ketones (excluding diaryl/α,β-unsaturated/α-hetero) is 1. The van der Waals surface area contributed by atoms with E-state index in [9.17, 15) is 4.79 Å². The number of nitrogens with one attached hydrogen (secondary N) is 1. The summed E-state index contributed by atoms with van der Waals surface area (Å²) in [6.07, 6.45) is 4.67. The number of hydrogen-bond donors (Lipinski definition) is 1. The third-order valence-corrected chi connectivity index (χ3v) is 3.48. The third kappa shape index (κ3) is 2.96. The highest BCUT2D eigenvalue weighted by molar-refractivity contribution is 5.98. The van der Waals surface area contributed by atoms with Gasteiger partial charge in [-0.05, 0) is 19.0 Å². The van der Waals surface area contributed by atoms with Gasteiger partial charge in [-0.15, -0.1) is 0 Å². The number of ketones is 1. The van der Waals surface area contributed by atoms with Crippen LogP contribution in [0.2, 0.25) is 0 Å². The van der Waals surface area contributed by atoms with Gasteiger partial charge in [-0.25, -0.2) is 0 Å². The second-order valence-electron chi connectivity index (χ2n) is 4.75. The van der Waals surface area contributed by atoms with Crippen LogP contribution in [0.15, 0.2) is 12.4 Å². The van der Waals surface area contributed by atoms with Gasteiger partial charge in [0.15, 0.2) is 5.78 Å². The van der Waals surface area contributed by atoms with Crippen LogP contribution in [-0.2, 0) is 6.42 Å². The molecule has 0 saturated carbocycles. The maximum Gasteiger partial charge on any atom is 0.178 e. The van der Waals surface area contributed by atoms with E-state index in [1.54, 1.807) is 0 Å². The molecule has 0 atom stereocenters. The fraction of sp³-hybridized carbons (Fsp3) is 0.615. The SMILES string of the molecule is CCc1c[nH]cc1C(=O)CN1CCN(C)CC1. The molecule has 2 heterocycles. The predicted octanol–water partition coefficient (Wildman–Crippen LogP) is 1.01. The number of aromatic nitrogens is 1. The topological polar surface area (TPSA) is 39.3 Å². The van der Waals surface area contributed by atoms with Crippen molar-refractivity contribution in [2.75, 3.05) is 39.8 Å². The number of carbonyl (C=O) groups is 1. The summed E-state index contributed by atoms with van der Waals surface area (Å²) in [5, 5.41) is 0. The summed E-state index contributed by atoms with van der Waals surface area (Å²) >= 11 is 0. The van der Waals surface area contributed by atoms with E-state index in [-0.39, 0.29) is 5.78 Å². The molecule has 0 amide bonds. The highest BCUT2D eigenvalue weighted by Crippen LogP contribution is 2.11. The van der Waals surface area contributed by atoms with Gasteiger partial charge in [-0.1, -0.05) is 6.92 Å². The quantitative estimate of drug-likeness (QED) is 0.792. The highest BCUT2D eigenvalue weighted by Gasteiger charge is 2.19. The lowest BCUT2D eigenvalue weighted by Gasteiger charge is -2.31. The van der Waals surface area contributed by atoms with Gasteiger partial charge >= 0.3 is 0 Å². The van der Waals surface area contributed by atoms with Crippen LogP contribution < -0.4 is 0 Å². The zero-order valence-electron chi connectivity index (χ0n) is 10.7. The summed E-state index contributed by atoms with van der Waals surface area (Å²) < 4.78 is 0. The molecule has 4 heteroatoms. The lowest BCUT2D eigenvalue weighted by Crippen LogP contribution is -2.46. The van der Waals surface area contributed by atoms with E-state index in [4.69, 9.17) is 0 Å². The molecule has 2 rings (SSSR count). The van der Waals surface area contributed by atoms with Crippen LogP contribution in [0.3, 0.4) is 0 Å². The monoisotopic (exact) mass is 235 g/mol. The standard InChI is InChI=1S/C13H21N3O/c1-3-11-8-14-9-12(11)13(17)10-16-6-4-15(2)5-7-16/h8-9,14H,3-7,10H2,1-2H3. The summed E-state index contributed by atoms with van der Waals surface area (Å²) in [7, 11) is 2.13. The first kappa shape index (κ1) is 12.3. The Hall–Kier alpha value is -1.13. The van der Waals surface area contributed by atoms with Gasteiger partial charge in [0.05, 0.1) is 6.54 Å². The fourth-order valence-electron chi connectivity index (χ4n) is 2.24. The van der Waals surface area contributed by atoms with Crippen LogP contribution in [-0.4, -0.2) is 60.3 Å². The average molecular weight is 235 g/mol. The maximum absolute atomic E-state index is 12.2. The number of hydrogen-bond acceptors (Lipinski definition) is 3. The van der Waals surface area contributed by atoms with E-state index in [1.165, 1.54) is 0 Å². The van der Waals surface area contributed by atoms with Crippen molar-refractivity contribution >= 4 is 5.78 Å². The van der Waals surface area contributed by atoms with E-state index in [0.29, 0.717) is 6.54 Å². The van der Waals surface area contributed by atoms with Crippen LogP contribution >= 0.6 is 0 Å². The normalized spacial score (nSPS) is 18.5. The van der Waals surface area contributed by atoms with Crippen LogP contribution in [0, 0.1) is 0 Å². The zero-order chi connectivity index (χ0) is 12.3. The van der Waals surface area contributed by atoms with E-state index < -0.39 is 0 Å². The molecule has 1 N–H and O–H groups in total. The van der Waals surface area contributed by atoms with E-state index >= 15 is 0 Å². The van der Waals surface area contributed by atoms with Gasteiger partial charge in [0.2, 0.25) is 0 Å². The van der Waals surface area contributed by atoms with Crippen molar-refractivity contribution < 1.29 is 4.79 Å². The van der Waals surface area contributed by atoms with Gasteiger partial charge in [-0.3, -0.25) is 9.69 Å². The van der Waals surface area contributed by atoms with Crippen molar-refractivity contribution in [3.63, 3.8) is 0 Å². The summed E-state index contributed by atoms with van der Waals surface area (Å²) in [4.78, 5) is 19.7. The first-order valence-corrected chi connectivity index (χ1v) is 6.30. The second-order valence-corrected chi connectivity index (χ2v) is 4.75. The van der Waals surface area contributed by atoms with Gasteiger partial charge in [-0.2, -0.15) is 0 Å². The molecule has 0 unspecified atom stereocenters. The Bertz CT molecular complexity index is 378. The number of nitrogens with zero attached hydrogens (tertiary/aromatic N) is 2. The second kappa shape index (κ2) is 5.47. The Morgan fingerprint density at radius 2 is 2.00 bits per heavy atom. The first-order chi connectivity index (χ1) is 8.20. The van der Waals surface area contributed by atoms with Crippen molar-refractivity contribution in [3.05, 3.63) is 23.5 Å². The molecule has 1 fully saturated rings. The molecule has 1 aromatic rings. The van der Waals surface area contributed by atoms with Crippen LogP contribution in [0.5, 0.6) is 0 Å². The molecule has 1 aliphatic rings. The molecular weight excluding hydrogens is 214 g/mol. The van der Waals surface area contributed by atoms with Crippen LogP contribution in [0.25, 0.3) is 0 Å². The highest BCUT2D eigenvalue weighted by atomic mass is 16.1. The smallest absolute Gasteiger partial charge is 0.178 e. The number of H-pyrrole nitrogens is 1. The number of carbonyl (C=O) groups excluding carboxylic acids is 1. The minimum Gasteiger partial charge on any atom is -0.367 e. The van der Waals surface area contributed by atoms with Crippen molar-refractivity contribution in [2.45, 2.75) is 13.3 Å². The molecule has 0 bridgehead atoms. The molecule has 1 saturated heterocycles. The van der Waals surface area contributed by atoms with Crippen LogP contribution in [0.4, 0.5) is 0 Å². The molecule has 0 aromatic carbocycles. The lowest BCUT2D eigenvalue weighted by atomic mass is 10.1. The Morgan fingerprint density at radius 1 is 1.29 bits per heavy atom. The maximum atomic E-state index is 12.2. The van der Waals surface area contributed by atoms with Gasteiger partial charge in [0, 0.05) is 44.1 Å². The number of likely N-dealkylation sites (N-methyl/N-ethyl adjacent to an activating group) is 1. The minimum absolute atomic E-state index is 0.243. The number of aryl methyl sites for hydroxylation is 1. The Kier molecular flexibility index (Phi) is 3.97. The zero-order valence-corrected chi connectivity index (χ0v) is 10.7. The first-order valence-electron chi connectivity index (χ1n) is 6.30. The molecule has 0 spiro atoms. The fourth-order valence-corrected chi connectivity index (χ4v) is 2.24. The molecule has 0 aliphatic carbocycles. The lowest BCUT2D eigenvalue weighted by molar-refractivity contribution is 0.0876. The largest absolute Gasteiger partial charge is 0.367 e. The third-order valence-electron chi connectivity index (χ3n) is 3.48. The van der Waals surface area contributed by atoms with Crippen molar-refractivity contribution in [1.29, 1.82) is 0 Å². The van der Waals surface area contributed by atoms with E-state index in [0.717, 1.165) is 43.7 Å². The average Bonchev–Trinajstić information content (AvgIpc) is 2.80. The van der Waals surface area contributed by atoms with Gasteiger partial charge < -0.3 is 9.88 Å². The summed E-state index contributed by atoms with van der Waals surface area (Å²) in [5.41, 5.74) is 2.00. The Labute approximate surface area is 103 Å². The molecular formula is C13H21N3O. The van der Waals surface area contributed by atoms with Crippen molar-refractivity contribution in [1.82, 2.24) is 14.8 Å². The summed E-state index contributed by atoms with van der Waals surface area (Å²) in [6, 6.07) is 0. The molecule has 1 aliphatic heterocycles. The van der Waals surface area contributed by atoms with Crippen molar-refractivity contribution in [3.8, 4) is 0 Å². The Balaban J connectivity index is 1.93. The van der Waals surface area contributed by atoms with Gasteiger partial charge in [0.25, 0.3) is 0 Å². The minimum atomic E-state index is 0.243. The molecule has 4 nitrogen and oxygen atoms in total.